The molecule has 0 saturated carbocycles. The van der Waals surface area contributed by atoms with Gasteiger partial charge in [-0.2, -0.15) is 5.10 Å². The number of halogens is 1. The van der Waals surface area contributed by atoms with Crippen molar-refractivity contribution in [2.45, 2.75) is 6.54 Å². The van der Waals surface area contributed by atoms with Crippen molar-refractivity contribution in [3.05, 3.63) is 47.7 Å². The Hall–Kier alpha value is -2.05. The van der Waals surface area contributed by atoms with Crippen LogP contribution in [0.25, 0.3) is 0 Å². The fourth-order valence-corrected chi connectivity index (χ4v) is 2.79. The van der Waals surface area contributed by atoms with Gasteiger partial charge in [0, 0.05) is 45.1 Å². The van der Waals surface area contributed by atoms with Crippen molar-refractivity contribution < 1.29 is 4.79 Å². The highest BCUT2D eigenvalue weighted by molar-refractivity contribution is 6.33. The second kappa shape index (κ2) is 7.48. The number of nitrogens with one attached hydrogen (secondary N) is 1. The molecule has 2 heterocycles. The molecule has 0 unspecified atom stereocenters. The summed E-state index contributed by atoms with van der Waals surface area (Å²) in [6.45, 7) is 5.00. The van der Waals surface area contributed by atoms with Crippen LogP contribution in [-0.2, 0) is 6.54 Å². The predicted molar refractivity (Wildman–Crippen MR) is 90.7 cm³/mol. The lowest BCUT2D eigenvalue weighted by Crippen LogP contribution is -2.50. The molecule has 0 bridgehead atoms. The third-order valence-corrected chi connectivity index (χ3v) is 4.31. The summed E-state index contributed by atoms with van der Waals surface area (Å²) >= 11 is 6.07. The fourth-order valence-electron chi connectivity index (χ4n) is 2.61. The molecule has 1 aliphatic heterocycles. The third kappa shape index (κ3) is 4.24. The van der Waals surface area contributed by atoms with Gasteiger partial charge in [0.15, 0.2) is 0 Å². The van der Waals surface area contributed by atoms with E-state index < -0.39 is 0 Å². The van der Waals surface area contributed by atoms with Gasteiger partial charge in [-0.05, 0) is 18.2 Å². The van der Waals surface area contributed by atoms with E-state index in [-0.39, 0.29) is 6.03 Å². The lowest BCUT2D eigenvalue weighted by molar-refractivity contribution is 0.143. The highest BCUT2D eigenvalue weighted by Gasteiger charge is 2.21. The maximum absolute atomic E-state index is 12.3. The molecular formula is C16H20ClN5O. The molecule has 1 aliphatic rings. The maximum atomic E-state index is 12.3. The first-order valence-corrected chi connectivity index (χ1v) is 8.10. The van der Waals surface area contributed by atoms with E-state index in [2.05, 4.69) is 15.3 Å². The zero-order valence-electron chi connectivity index (χ0n) is 12.9. The van der Waals surface area contributed by atoms with Gasteiger partial charge >= 0.3 is 6.03 Å². The van der Waals surface area contributed by atoms with Gasteiger partial charge in [-0.15, -0.1) is 0 Å². The molecule has 0 spiro atoms. The number of para-hydroxylation sites is 1. The molecule has 23 heavy (non-hydrogen) atoms. The van der Waals surface area contributed by atoms with E-state index in [1.54, 1.807) is 18.3 Å². The minimum absolute atomic E-state index is 0.0928. The van der Waals surface area contributed by atoms with E-state index in [0.717, 1.165) is 39.3 Å². The molecule has 0 radical (unpaired) electrons. The summed E-state index contributed by atoms with van der Waals surface area (Å²) in [4.78, 5) is 16.5. The zero-order valence-corrected chi connectivity index (χ0v) is 13.6. The van der Waals surface area contributed by atoms with Crippen LogP contribution in [0.4, 0.5) is 10.5 Å². The summed E-state index contributed by atoms with van der Waals surface area (Å²) < 4.78 is 1.93. The van der Waals surface area contributed by atoms with Crippen molar-refractivity contribution in [3.8, 4) is 0 Å². The number of aromatic nitrogens is 2. The van der Waals surface area contributed by atoms with E-state index in [0.29, 0.717) is 10.7 Å². The molecule has 0 aliphatic carbocycles. The standard InChI is InChI=1S/C16H20ClN5O/c17-14-4-1-2-5-15(14)19-16(23)21-11-8-20(9-12-21)10-13-22-7-3-6-18-22/h1-7H,8-13H2,(H,19,23). The van der Waals surface area contributed by atoms with Crippen LogP contribution in [0.15, 0.2) is 42.7 Å². The van der Waals surface area contributed by atoms with Crippen molar-refractivity contribution in [2.75, 3.05) is 38.0 Å². The number of benzene rings is 1. The van der Waals surface area contributed by atoms with Gasteiger partial charge in [0.05, 0.1) is 17.3 Å². The topological polar surface area (TPSA) is 53.4 Å². The molecule has 0 atom stereocenters. The number of hydrogen-bond acceptors (Lipinski definition) is 3. The quantitative estimate of drug-likeness (QED) is 0.934. The summed E-state index contributed by atoms with van der Waals surface area (Å²) in [5.41, 5.74) is 0.653. The molecule has 1 saturated heterocycles. The van der Waals surface area contributed by atoms with Gasteiger partial charge in [-0.25, -0.2) is 4.79 Å². The molecule has 2 amide bonds. The van der Waals surface area contributed by atoms with Crippen molar-refractivity contribution in [1.29, 1.82) is 0 Å². The normalized spacial score (nSPS) is 15.6. The van der Waals surface area contributed by atoms with E-state index in [9.17, 15) is 4.79 Å². The predicted octanol–water partition coefficient (Wildman–Crippen LogP) is 2.39. The van der Waals surface area contributed by atoms with Crippen LogP contribution in [0.5, 0.6) is 0 Å². The molecule has 122 valence electrons. The largest absolute Gasteiger partial charge is 0.322 e. The Kier molecular flexibility index (Phi) is 5.15. The average Bonchev–Trinajstić information content (AvgIpc) is 3.09. The van der Waals surface area contributed by atoms with Gasteiger partial charge in [0.25, 0.3) is 0 Å². The molecular weight excluding hydrogens is 314 g/mol. The number of anilines is 1. The Balaban J connectivity index is 1.45. The number of carbonyl (C=O) groups excluding carboxylic acids is 1. The average molecular weight is 334 g/mol. The molecule has 6 nitrogen and oxygen atoms in total. The molecule has 2 aromatic rings. The highest BCUT2D eigenvalue weighted by atomic mass is 35.5. The van der Waals surface area contributed by atoms with Gasteiger partial charge in [-0.1, -0.05) is 23.7 Å². The zero-order chi connectivity index (χ0) is 16.1. The first kappa shape index (κ1) is 15.8. The van der Waals surface area contributed by atoms with Crippen LogP contribution in [0.1, 0.15) is 0 Å². The lowest BCUT2D eigenvalue weighted by atomic mass is 10.3. The van der Waals surface area contributed by atoms with Crippen LogP contribution < -0.4 is 5.32 Å². The SMILES string of the molecule is O=C(Nc1ccccc1Cl)N1CCN(CCn2cccn2)CC1. The Labute approximate surface area is 140 Å². The fraction of sp³-hybridized carbons (Fsp3) is 0.375. The second-order valence-corrected chi connectivity index (χ2v) is 5.92. The Morgan fingerprint density at radius 3 is 2.61 bits per heavy atom. The number of rotatable bonds is 4. The van der Waals surface area contributed by atoms with E-state index >= 15 is 0 Å². The minimum Gasteiger partial charge on any atom is -0.322 e. The van der Waals surface area contributed by atoms with Gasteiger partial charge < -0.3 is 10.2 Å². The van der Waals surface area contributed by atoms with Gasteiger partial charge in [0.2, 0.25) is 0 Å². The van der Waals surface area contributed by atoms with Crippen molar-refractivity contribution in [3.63, 3.8) is 0 Å². The summed E-state index contributed by atoms with van der Waals surface area (Å²) in [7, 11) is 0. The molecule has 1 N–H and O–H groups in total. The van der Waals surface area contributed by atoms with Crippen LogP contribution in [-0.4, -0.2) is 58.3 Å². The van der Waals surface area contributed by atoms with Crippen LogP contribution in [0, 0.1) is 0 Å². The van der Waals surface area contributed by atoms with Crippen molar-refractivity contribution in [1.82, 2.24) is 19.6 Å². The first-order chi connectivity index (χ1) is 11.2. The summed E-state index contributed by atoms with van der Waals surface area (Å²) in [5, 5.41) is 7.63. The minimum atomic E-state index is -0.0928. The maximum Gasteiger partial charge on any atom is 0.321 e. The summed E-state index contributed by atoms with van der Waals surface area (Å²) in [6.07, 6.45) is 3.75. The number of hydrogen-bond donors (Lipinski definition) is 1. The van der Waals surface area contributed by atoms with Crippen LogP contribution >= 0.6 is 11.6 Å². The molecule has 1 fully saturated rings. The first-order valence-electron chi connectivity index (χ1n) is 7.72. The lowest BCUT2D eigenvalue weighted by Gasteiger charge is -2.34. The summed E-state index contributed by atoms with van der Waals surface area (Å²) in [6, 6.07) is 9.11. The smallest absolute Gasteiger partial charge is 0.321 e. The van der Waals surface area contributed by atoms with Crippen molar-refractivity contribution in [2.24, 2.45) is 0 Å². The van der Waals surface area contributed by atoms with Crippen LogP contribution in [0.3, 0.4) is 0 Å². The van der Waals surface area contributed by atoms with Crippen molar-refractivity contribution >= 4 is 23.3 Å². The number of carbonyl (C=O) groups is 1. The Morgan fingerprint density at radius 2 is 1.91 bits per heavy atom. The summed E-state index contributed by atoms with van der Waals surface area (Å²) in [5.74, 6) is 0. The number of piperazine rings is 1. The number of nitrogens with zero attached hydrogens (tertiary/aromatic N) is 4. The van der Waals surface area contributed by atoms with Gasteiger partial charge in [-0.3, -0.25) is 9.58 Å². The Morgan fingerprint density at radius 1 is 1.13 bits per heavy atom. The van der Waals surface area contributed by atoms with E-state index in [1.165, 1.54) is 0 Å². The molecule has 1 aromatic carbocycles. The molecule has 3 rings (SSSR count). The molecule has 7 heteroatoms. The monoisotopic (exact) mass is 333 g/mol. The van der Waals surface area contributed by atoms with E-state index in [1.807, 2.05) is 34.0 Å². The second-order valence-electron chi connectivity index (χ2n) is 5.51. The van der Waals surface area contributed by atoms with Crippen LogP contribution in [0.2, 0.25) is 5.02 Å². The third-order valence-electron chi connectivity index (χ3n) is 3.98. The number of amides is 2. The Bertz CT molecular complexity index is 638. The molecule has 1 aromatic heterocycles. The van der Waals surface area contributed by atoms with Gasteiger partial charge in [0.1, 0.15) is 0 Å². The highest BCUT2D eigenvalue weighted by Crippen LogP contribution is 2.21. The number of urea groups is 1. The van der Waals surface area contributed by atoms with E-state index in [4.69, 9.17) is 11.6 Å².